The third kappa shape index (κ3) is 5.56. The number of thiophene rings is 1. The van der Waals surface area contributed by atoms with Gasteiger partial charge < -0.3 is 15.4 Å². The van der Waals surface area contributed by atoms with Crippen LogP contribution in [0.5, 0.6) is 5.75 Å². The van der Waals surface area contributed by atoms with E-state index in [1.165, 1.54) is 11.3 Å². The van der Waals surface area contributed by atoms with Gasteiger partial charge in [-0.25, -0.2) is 0 Å². The number of ether oxygens (including phenoxy) is 1. The lowest BCUT2D eigenvalue weighted by atomic mass is 10.1. The third-order valence-corrected chi connectivity index (χ3v) is 5.14. The molecule has 148 valence electrons. The second kappa shape index (κ2) is 9.71. The predicted octanol–water partition coefficient (Wildman–Crippen LogP) is 4.41. The van der Waals surface area contributed by atoms with E-state index in [0.717, 1.165) is 16.2 Å². The van der Waals surface area contributed by atoms with Crippen molar-refractivity contribution in [3.05, 3.63) is 93.8 Å². The first-order chi connectivity index (χ1) is 14.1. The molecule has 1 aromatic heterocycles. The smallest absolute Gasteiger partial charge is 0.268 e. The fourth-order valence-corrected chi connectivity index (χ4v) is 3.37. The first-order valence-corrected chi connectivity index (χ1v) is 10.0. The molecule has 0 saturated heterocycles. The molecule has 3 aromatic rings. The Morgan fingerprint density at radius 1 is 1.00 bits per heavy atom. The Hall–Kier alpha value is -3.38. The van der Waals surface area contributed by atoms with Gasteiger partial charge in [-0.05, 0) is 54.3 Å². The van der Waals surface area contributed by atoms with Crippen molar-refractivity contribution in [3.8, 4) is 5.75 Å². The lowest BCUT2D eigenvalue weighted by Crippen LogP contribution is -2.36. The zero-order valence-electron chi connectivity index (χ0n) is 16.2. The van der Waals surface area contributed by atoms with Crippen LogP contribution >= 0.6 is 11.3 Å². The van der Waals surface area contributed by atoms with Crippen LogP contribution in [0.2, 0.25) is 0 Å². The summed E-state index contributed by atoms with van der Waals surface area (Å²) in [6.45, 7) is 1.89. The minimum absolute atomic E-state index is 0.196. The summed E-state index contributed by atoms with van der Waals surface area (Å²) in [4.78, 5) is 26.4. The van der Waals surface area contributed by atoms with Gasteiger partial charge in [-0.15, -0.1) is 11.3 Å². The van der Waals surface area contributed by atoms with Gasteiger partial charge in [0.15, 0.2) is 0 Å². The number of hydrogen-bond donors (Lipinski definition) is 2. The summed E-state index contributed by atoms with van der Waals surface area (Å²) in [5.74, 6) is 0.0623. The van der Waals surface area contributed by atoms with E-state index in [9.17, 15) is 9.59 Å². The Kier molecular flexibility index (Phi) is 6.81. The molecule has 2 aromatic carbocycles. The normalized spacial score (nSPS) is 12.1. The molecular weight excluding hydrogens is 384 g/mol. The van der Waals surface area contributed by atoms with Crippen molar-refractivity contribution in [2.75, 3.05) is 7.11 Å². The monoisotopic (exact) mass is 406 g/mol. The molecule has 2 N–H and O–H groups in total. The molecule has 1 atom stereocenters. The predicted molar refractivity (Wildman–Crippen MR) is 116 cm³/mol. The summed E-state index contributed by atoms with van der Waals surface area (Å²) in [6.07, 6.45) is 1.68. The maximum atomic E-state index is 12.9. The number of amides is 2. The maximum absolute atomic E-state index is 12.9. The Morgan fingerprint density at radius 3 is 2.34 bits per heavy atom. The number of benzene rings is 2. The topological polar surface area (TPSA) is 67.4 Å². The second-order valence-electron chi connectivity index (χ2n) is 6.36. The molecule has 1 heterocycles. The van der Waals surface area contributed by atoms with Crippen LogP contribution in [0, 0.1) is 0 Å². The van der Waals surface area contributed by atoms with Crippen LogP contribution in [0.25, 0.3) is 6.08 Å². The average molecular weight is 407 g/mol. The zero-order chi connectivity index (χ0) is 20.6. The summed E-state index contributed by atoms with van der Waals surface area (Å²) in [5, 5.41) is 7.61. The highest BCUT2D eigenvalue weighted by Gasteiger charge is 2.17. The molecule has 5 nitrogen and oxygen atoms in total. The summed E-state index contributed by atoms with van der Waals surface area (Å²) in [7, 11) is 1.61. The van der Waals surface area contributed by atoms with E-state index in [2.05, 4.69) is 10.6 Å². The van der Waals surface area contributed by atoms with Gasteiger partial charge in [0.25, 0.3) is 11.8 Å². The molecule has 0 aliphatic rings. The zero-order valence-corrected chi connectivity index (χ0v) is 17.0. The minimum Gasteiger partial charge on any atom is -0.497 e. The first kappa shape index (κ1) is 20.4. The van der Waals surface area contributed by atoms with Crippen LogP contribution in [0.15, 0.2) is 77.8 Å². The number of rotatable bonds is 7. The summed E-state index contributed by atoms with van der Waals surface area (Å²) in [6, 6.07) is 19.8. The van der Waals surface area contributed by atoms with Gasteiger partial charge in [0.1, 0.15) is 11.4 Å². The molecule has 0 spiro atoms. The number of methoxy groups -OCH3 is 1. The summed E-state index contributed by atoms with van der Waals surface area (Å²) >= 11 is 1.49. The van der Waals surface area contributed by atoms with Gasteiger partial charge in [0.05, 0.1) is 13.2 Å². The van der Waals surface area contributed by atoms with Crippen LogP contribution in [0.1, 0.15) is 33.8 Å². The lowest BCUT2D eigenvalue weighted by molar-refractivity contribution is -0.118. The quantitative estimate of drug-likeness (QED) is 0.571. The van der Waals surface area contributed by atoms with Crippen LogP contribution in [-0.2, 0) is 4.79 Å². The molecule has 0 aliphatic carbocycles. The van der Waals surface area contributed by atoms with Crippen molar-refractivity contribution < 1.29 is 14.3 Å². The Labute approximate surface area is 174 Å². The molecule has 29 heavy (non-hydrogen) atoms. The molecule has 1 unspecified atom stereocenters. The second-order valence-corrected chi connectivity index (χ2v) is 7.34. The van der Waals surface area contributed by atoms with Crippen LogP contribution < -0.4 is 15.4 Å². The molecule has 0 bridgehead atoms. The van der Waals surface area contributed by atoms with E-state index in [4.69, 9.17) is 4.74 Å². The molecule has 6 heteroatoms. The molecule has 0 fully saturated rings. The van der Waals surface area contributed by atoms with Crippen molar-refractivity contribution in [3.63, 3.8) is 0 Å². The van der Waals surface area contributed by atoms with Crippen LogP contribution in [0.4, 0.5) is 0 Å². The van der Waals surface area contributed by atoms with E-state index in [-0.39, 0.29) is 23.6 Å². The van der Waals surface area contributed by atoms with Crippen molar-refractivity contribution in [1.29, 1.82) is 0 Å². The van der Waals surface area contributed by atoms with Crippen molar-refractivity contribution in [2.24, 2.45) is 0 Å². The van der Waals surface area contributed by atoms with Crippen LogP contribution in [-0.4, -0.2) is 18.9 Å². The molecular formula is C23H22N2O3S. The van der Waals surface area contributed by atoms with Gasteiger partial charge in [-0.3, -0.25) is 9.59 Å². The van der Waals surface area contributed by atoms with E-state index < -0.39 is 0 Å². The van der Waals surface area contributed by atoms with E-state index in [1.54, 1.807) is 37.5 Å². The van der Waals surface area contributed by atoms with Crippen molar-refractivity contribution >= 4 is 29.2 Å². The highest BCUT2D eigenvalue weighted by Crippen LogP contribution is 2.18. The van der Waals surface area contributed by atoms with E-state index >= 15 is 0 Å². The molecule has 3 rings (SSSR count). The average Bonchev–Trinajstić information content (AvgIpc) is 3.27. The highest BCUT2D eigenvalue weighted by atomic mass is 32.1. The summed E-state index contributed by atoms with van der Waals surface area (Å²) in [5.41, 5.74) is 1.62. The Bertz CT molecular complexity index is 981. The Morgan fingerprint density at radius 2 is 1.72 bits per heavy atom. The number of nitrogens with one attached hydrogen (secondary N) is 2. The lowest BCUT2D eigenvalue weighted by Gasteiger charge is -2.17. The van der Waals surface area contributed by atoms with Gasteiger partial charge in [0, 0.05) is 10.4 Å². The molecule has 2 amide bonds. The third-order valence-electron chi connectivity index (χ3n) is 4.32. The molecule has 0 saturated carbocycles. The number of hydrogen-bond acceptors (Lipinski definition) is 4. The standard InChI is InChI=1S/C23H22N2O3S/c1-16(17-10-12-19(28-2)13-11-17)24-23(27)21(15-20-9-6-14-29-20)25-22(26)18-7-4-3-5-8-18/h3-16H,1-2H3,(H,24,27)(H,25,26)/b21-15-. The van der Waals surface area contributed by atoms with E-state index in [1.807, 2.05) is 54.8 Å². The fraction of sp³-hybridized carbons (Fsp3) is 0.130. The summed E-state index contributed by atoms with van der Waals surface area (Å²) < 4.78 is 5.17. The molecule has 0 aliphatic heterocycles. The number of carbonyl (C=O) groups is 2. The van der Waals surface area contributed by atoms with Gasteiger partial charge in [-0.1, -0.05) is 36.4 Å². The minimum atomic E-state index is -0.356. The van der Waals surface area contributed by atoms with Crippen molar-refractivity contribution in [2.45, 2.75) is 13.0 Å². The largest absolute Gasteiger partial charge is 0.497 e. The molecule has 0 radical (unpaired) electrons. The SMILES string of the molecule is COc1ccc(C(C)NC(=O)/C(=C/c2cccs2)NC(=O)c2ccccc2)cc1. The Balaban J connectivity index is 1.77. The van der Waals surface area contributed by atoms with Gasteiger partial charge >= 0.3 is 0 Å². The van der Waals surface area contributed by atoms with Crippen molar-refractivity contribution in [1.82, 2.24) is 10.6 Å². The number of carbonyl (C=O) groups excluding carboxylic acids is 2. The van der Waals surface area contributed by atoms with Crippen LogP contribution in [0.3, 0.4) is 0 Å². The van der Waals surface area contributed by atoms with Gasteiger partial charge in [0.2, 0.25) is 0 Å². The first-order valence-electron chi connectivity index (χ1n) is 9.13. The fourth-order valence-electron chi connectivity index (χ4n) is 2.71. The van der Waals surface area contributed by atoms with E-state index in [0.29, 0.717) is 5.56 Å². The van der Waals surface area contributed by atoms with Gasteiger partial charge in [-0.2, -0.15) is 0 Å². The maximum Gasteiger partial charge on any atom is 0.268 e. The highest BCUT2D eigenvalue weighted by molar-refractivity contribution is 7.10.